The molecule has 4 aromatic rings. The van der Waals surface area contributed by atoms with Crippen LogP contribution >= 0.6 is 0 Å². The summed E-state index contributed by atoms with van der Waals surface area (Å²) in [7, 11) is 1.55. The summed E-state index contributed by atoms with van der Waals surface area (Å²) < 4.78 is 7.34. The van der Waals surface area contributed by atoms with Crippen LogP contribution < -0.4 is 16.2 Å². The van der Waals surface area contributed by atoms with Crippen molar-refractivity contribution in [1.29, 1.82) is 0 Å². The molecule has 168 valence electrons. The van der Waals surface area contributed by atoms with Gasteiger partial charge in [-0.3, -0.25) is 4.79 Å². The molecule has 8 nitrogen and oxygen atoms in total. The second-order valence-electron chi connectivity index (χ2n) is 8.44. The van der Waals surface area contributed by atoms with Gasteiger partial charge in [-0.15, -0.1) is 0 Å². The van der Waals surface area contributed by atoms with Crippen molar-refractivity contribution in [2.24, 2.45) is 5.73 Å². The summed E-state index contributed by atoms with van der Waals surface area (Å²) in [5.74, 6) is 1.79. The fraction of sp³-hybridized carbons (Fsp3) is 0.280. The van der Waals surface area contributed by atoms with E-state index in [2.05, 4.69) is 10.1 Å². The van der Waals surface area contributed by atoms with Crippen LogP contribution in [-0.2, 0) is 6.42 Å². The van der Waals surface area contributed by atoms with Gasteiger partial charge in [0.15, 0.2) is 5.82 Å². The highest BCUT2D eigenvalue weighted by Gasteiger charge is 2.26. The number of rotatable bonds is 6. The first-order valence-corrected chi connectivity index (χ1v) is 11.1. The van der Waals surface area contributed by atoms with Crippen LogP contribution in [0, 0.1) is 0 Å². The fourth-order valence-electron chi connectivity index (χ4n) is 4.79. The van der Waals surface area contributed by atoms with E-state index < -0.39 is 5.91 Å². The van der Waals surface area contributed by atoms with Crippen molar-refractivity contribution in [3.8, 4) is 17.0 Å². The number of para-hydroxylation sites is 1. The van der Waals surface area contributed by atoms with E-state index in [0.717, 1.165) is 46.6 Å². The van der Waals surface area contributed by atoms with Gasteiger partial charge in [-0.1, -0.05) is 49.2 Å². The van der Waals surface area contributed by atoms with Gasteiger partial charge >= 0.3 is 0 Å². The van der Waals surface area contributed by atoms with E-state index in [1.165, 1.54) is 19.2 Å². The summed E-state index contributed by atoms with van der Waals surface area (Å²) in [6.45, 7) is 0. The molecule has 8 heteroatoms. The lowest BCUT2D eigenvalue weighted by molar-refractivity contribution is 0.0997. The number of ether oxygens (including phenoxy) is 1. The zero-order chi connectivity index (χ0) is 22.9. The van der Waals surface area contributed by atoms with Gasteiger partial charge in [0, 0.05) is 17.9 Å². The van der Waals surface area contributed by atoms with E-state index in [9.17, 15) is 4.79 Å². The van der Waals surface area contributed by atoms with E-state index in [-0.39, 0.29) is 0 Å². The quantitative estimate of drug-likeness (QED) is 0.469. The lowest BCUT2D eigenvalue weighted by Crippen LogP contribution is -2.13. The van der Waals surface area contributed by atoms with Crippen LogP contribution in [0.25, 0.3) is 16.8 Å². The Morgan fingerprint density at radius 3 is 2.61 bits per heavy atom. The second-order valence-corrected chi connectivity index (χ2v) is 8.44. The average molecular weight is 443 g/mol. The van der Waals surface area contributed by atoms with Gasteiger partial charge in [0.1, 0.15) is 29.1 Å². The minimum absolute atomic E-state index is 0.381. The first-order valence-electron chi connectivity index (χ1n) is 11.1. The van der Waals surface area contributed by atoms with Crippen LogP contribution in [0.3, 0.4) is 0 Å². The molecular weight excluding hydrogens is 416 g/mol. The molecule has 0 unspecified atom stereocenters. The molecule has 1 fully saturated rings. The van der Waals surface area contributed by atoms with Gasteiger partial charge < -0.3 is 16.2 Å². The van der Waals surface area contributed by atoms with Crippen LogP contribution in [0.15, 0.2) is 48.8 Å². The number of fused-ring (bicyclic) bond motifs is 1. The Balaban J connectivity index is 1.50. The molecule has 2 aromatic heterocycles. The van der Waals surface area contributed by atoms with Gasteiger partial charge in [0.2, 0.25) is 0 Å². The topological polar surface area (TPSA) is 121 Å². The molecule has 2 heterocycles. The summed E-state index contributed by atoms with van der Waals surface area (Å²) in [5, 5.41) is 4.46. The number of primary amides is 1. The van der Waals surface area contributed by atoms with E-state index in [0.29, 0.717) is 29.5 Å². The molecule has 33 heavy (non-hydrogen) atoms. The standard InChI is InChI=1S/C25H26N6O2/c1-33-22-18(7-4-8-19(22)24(27)32)13-15-9-11-16(12-10-15)20-21-23(26)28-14-29-31(21)25(30-20)17-5-2-3-6-17/h4,7-12,14,17H,2-3,5-6,13H2,1H3,(H2,27,32)(H2,26,28,29). The number of nitrogens with zero attached hydrogens (tertiary/aromatic N) is 4. The van der Waals surface area contributed by atoms with E-state index in [4.69, 9.17) is 21.2 Å². The molecule has 4 N–H and O–H groups in total. The van der Waals surface area contributed by atoms with Crippen molar-refractivity contribution in [2.75, 3.05) is 12.8 Å². The Labute approximate surface area is 191 Å². The second kappa shape index (κ2) is 8.54. The number of amides is 1. The number of anilines is 1. The van der Waals surface area contributed by atoms with Gasteiger partial charge in [0.25, 0.3) is 5.91 Å². The average Bonchev–Trinajstić information content (AvgIpc) is 3.48. The normalized spacial score (nSPS) is 14.1. The van der Waals surface area contributed by atoms with Crippen molar-refractivity contribution in [3.63, 3.8) is 0 Å². The van der Waals surface area contributed by atoms with Gasteiger partial charge in [0.05, 0.1) is 12.7 Å². The molecule has 0 spiro atoms. The molecule has 1 aliphatic rings. The third kappa shape index (κ3) is 3.77. The maximum absolute atomic E-state index is 11.7. The third-order valence-corrected chi connectivity index (χ3v) is 6.39. The van der Waals surface area contributed by atoms with Crippen LogP contribution in [0.2, 0.25) is 0 Å². The van der Waals surface area contributed by atoms with Crippen LogP contribution in [0.1, 0.15) is 58.9 Å². The predicted octanol–water partition coefficient (Wildman–Crippen LogP) is 3.73. The van der Waals surface area contributed by atoms with Gasteiger partial charge in [-0.25, -0.2) is 14.5 Å². The van der Waals surface area contributed by atoms with E-state index in [1.807, 2.05) is 40.9 Å². The molecule has 1 amide bonds. The molecule has 5 rings (SSSR count). The number of benzene rings is 2. The Morgan fingerprint density at radius 2 is 1.91 bits per heavy atom. The number of nitrogens with two attached hydrogens (primary N) is 2. The molecule has 0 radical (unpaired) electrons. The molecule has 0 atom stereocenters. The first kappa shape index (κ1) is 20.9. The summed E-state index contributed by atoms with van der Waals surface area (Å²) >= 11 is 0. The number of hydrogen-bond donors (Lipinski definition) is 2. The monoisotopic (exact) mass is 442 g/mol. The number of nitrogen functional groups attached to an aromatic ring is 1. The highest BCUT2D eigenvalue weighted by atomic mass is 16.5. The molecule has 1 saturated carbocycles. The highest BCUT2D eigenvalue weighted by molar-refractivity contribution is 5.96. The first-order chi connectivity index (χ1) is 16.1. The van der Waals surface area contributed by atoms with Crippen molar-refractivity contribution >= 4 is 17.2 Å². The highest BCUT2D eigenvalue weighted by Crippen LogP contribution is 2.37. The number of hydrogen-bond acceptors (Lipinski definition) is 6. The molecule has 0 saturated heterocycles. The smallest absolute Gasteiger partial charge is 0.252 e. The van der Waals surface area contributed by atoms with Gasteiger partial charge in [-0.2, -0.15) is 5.10 Å². The number of carbonyl (C=O) groups is 1. The molecule has 2 aromatic carbocycles. The molecule has 1 aliphatic carbocycles. The number of carbonyl (C=O) groups excluding carboxylic acids is 1. The minimum atomic E-state index is -0.506. The zero-order valence-electron chi connectivity index (χ0n) is 18.5. The van der Waals surface area contributed by atoms with Crippen molar-refractivity contribution in [2.45, 2.75) is 38.0 Å². The summed E-state index contributed by atoms with van der Waals surface area (Å²) in [5.41, 5.74) is 16.6. The van der Waals surface area contributed by atoms with Crippen LogP contribution in [0.4, 0.5) is 5.82 Å². The SMILES string of the molecule is COc1c(Cc2ccc(-c3nc(C4CCCC4)n4ncnc(N)c34)cc2)cccc1C(N)=O. The summed E-state index contributed by atoms with van der Waals surface area (Å²) in [6.07, 6.45) is 6.76. The summed E-state index contributed by atoms with van der Waals surface area (Å²) in [4.78, 5) is 20.9. The lowest BCUT2D eigenvalue weighted by atomic mass is 9.99. The zero-order valence-corrected chi connectivity index (χ0v) is 18.5. The Kier molecular flexibility index (Phi) is 5.42. The van der Waals surface area contributed by atoms with Crippen LogP contribution in [-0.4, -0.2) is 32.6 Å². The number of methoxy groups -OCH3 is 1. The van der Waals surface area contributed by atoms with E-state index in [1.54, 1.807) is 13.2 Å². The van der Waals surface area contributed by atoms with Crippen molar-refractivity contribution in [1.82, 2.24) is 19.6 Å². The lowest BCUT2D eigenvalue weighted by Gasteiger charge is -2.12. The molecule has 0 bridgehead atoms. The Hall–Kier alpha value is -3.94. The van der Waals surface area contributed by atoms with Crippen molar-refractivity contribution < 1.29 is 9.53 Å². The predicted molar refractivity (Wildman–Crippen MR) is 126 cm³/mol. The number of imidazole rings is 1. The number of aromatic nitrogens is 4. The Morgan fingerprint density at radius 1 is 1.15 bits per heavy atom. The molecular formula is C25H26N6O2. The van der Waals surface area contributed by atoms with Gasteiger partial charge in [-0.05, 0) is 30.0 Å². The maximum Gasteiger partial charge on any atom is 0.252 e. The fourth-order valence-corrected chi connectivity index (χ4v) is 4.79. The third-order valence-electron chi connectivity index (χ3n) is 6.39. The Bertz CT molecular complexity index is 1320. The minimum Gasteiger partial charge on any atom is -0.496 e. The maximum atomic E-state index is 11.7. The molecule has 0 aliphatic heterocycles. The summed E-state index contributed by atoms with van der Waals surface area (Å²) in [6, 6.07) is 13.6. The van der Waals surface area contributed by atoms with Crippen molar-refractivity contribution in [3.05, 3.63) is 71.3 Å². The van der Waals surface area contributed by atoms with Crippen LogP contribution in [0.5, 0.6) is 5.75 Å². The van der Waals surface area contributed by atoms with E-state index >= 15 is 0 Å². The largest absolute Gasteiger partial charge is 0.496 e.